The molecule has 2 nitrogen and oxygen atoms in total. The Balaban J connectivity index is 4.13. The Morgan fingerprint density at radius 1 is 1.13 bits per heavy atom. The maximum atomic E-state index is 5.86. The second kappa shape index (κ2) is 6.11. The van der Waals surface area contributed by atoms with E-state index in [1.165, 1.54) is 0 Å². The molecule has 0 unspecified atom stereocenters. The Bertz CT molecular complexity index is 233. The maximum Gasteiger partial charge on any atom is 0.249 e. The van der Waals surface area contributed by atoms with Gasteiger partial charge in [0.1, 0.15) is 0 Å². The highest BCUT2D eigenvalue weighted by molar-refractivity contribution is 6.92. The minimum absolute atomic E-state index is 0.375. The van der Waals surface area contributed by atoms with Crippen molar-refractivity contribution in [2.75, 3.05) is 0 Å². The molecule has 0 aromatic carbocycles. The lowest BCUT2D eigenvalue weighted by atomic mass is 11.2. The summed E-state index contributed by atoms with van der Waals surface area (Å²) in [5.74, 6) is 0. The molecule has 84 valence electrons. The van der Waals surface area contributed by atoms with Crippen LogP contribution in [0, 0.1) is 0 Å². The molecule has 0 saturated heterocycles. The molecule has 0 saturated carbocycles. The lowest BCUT2D eigenvalue weighted by Gasteiger charge is -2.26. The van der Waals surface area contributed by atoms with Crippen LogP contribution < -0.4 is 0 Å². The average Bonchev–Trinajstić information content (AvgIpc) is 2.09. The quantitative estimate of drug-likeness (QED) is 0.663. The summed E-state index contributed by atoms with van der Waals surface area (Å²) in [6.45, 7) is 18.6. The molecule has 0 spiro atoms. The Labute approximate surface area is 101 Å². The summed E-state index contributed by atoms with van der Waals surface area (Å²) >= 11 is 0. The lowest BCUT2D eigenvalue weighted by Crippen LogP contribution is -2.40. The van der Waals surface area contributed by atoms with E-state index in [-0.39, 0.29) is 0 Å². The molecule has 0 N–H and O–H groups in total. The molecule has 0 heterocycles. The molecule has 0 rings (SSSR count). The zero-order chi connectivity index (χ0) is 12.1. The smallest absolute Gasteiger partial charge is 0.249 e. The summed E-state index contributed by atoms with van der Waals surface area (Å²) in [4.78, 5) is 1.15. The van der Waals surface area contributed by atoms with Crippen molar-refractivity contribution >= 4 is 36.2 Å². The highest BCUT2D eigenvalue weighted by Gasteiger charge is 2.28. The third kappa shape index (κ3) is 7.20. The van der Waals surface area contributed by atoms with Crippen LogP contribution in [-0.2, 0) is 8.23 Å². The molecule has 0 aromatic heterocycles. The summed E-state index contributed by atoms with van der Waals surface area (Å²) in [5.41, 5.74) is 1.81. The molecule has 0 aromatic rings. The van der Waals surface area contributed by atoms with Crippen LogP contribution in [0.25, 0.3) is 0 Å². The van der Waals surface area contributed by atoms with Gasteiger partial charge in [0.05, 0.1) is 0 Å². The van der Waals surface area contributed by atoms with E-state index < -0.39 is 16.6 Å². The predicted molar refractivity (Wildman–Crippen MR) is 73.8 cm³/mol. The second-order valence-corrected chi connectivity index (χ2v) is 16.2. The standard InChI is InChI=1S/C9H20O2Si4/c1-8-12-10-15(6,7)9(2)13-11-14(3,4)5/h8H,1-2H2,3-7H3. The second-order valence-electron chi connectivity index (χ2n) is 4.73. The molecule has 0 aliphatic rings. The summed E-state index contributed by atoms with van der Waals surface area (Å²) in [6.07, 6.45) is 0. The van der Waals surface area contributed by atoms with Gasteiger partial charge in [-0.3, -0.25) is 0 Å². The lowest BCUT2D eigenvalue weighted by molar-refractivity contribution is 0.593. The molecule has 0 aliphatic heterocycles. The summed E-state index contributed by atoms with van der Waals surface area (Å²) < 4.78 is 11.7. The predicted octanol–water partition coefficient (Wildman–Crippen LogP) is 2.49. The Morgan fingerprint density at radius 2 is 1.67 bits per heavy atom. The minimum Gasteiger partial charge on any atom is -0.453 e. The van der Waals surface area contributed by atoms with Crippen molar-refractivity contribution in [1.29, 1.82) is 0 Å². The highest BCUT2D eigenvalue weighted by Crippen LogP contribution is 2.15. The van der Waals surface area contributed by atoms with Gasteiger partial charge < -0.3 is 8.23 Å². The third-order valence-corrected chi connectivity index (χ3v) is 11.0. The van der Waals surface area contributed by atoms with Gasteiger partial charge in [0.2, 0.25) is 19.5 Å². The van der Waals surface area contributed by atoms with Gasteiger partial charge in [-0.1, -0.05) is 5.70 Å². The molecule has 15 heavy (non-hydrogen) atoms. The van der Waals surface area contributed by atoms with E-state index in [0.717, 1.165) is 4.82 Å². The fourth-order valence-electron chi connectivity index (χ4n) is 0.588. The number of rotatable bonds is 7. The fraction of sp³-hybridized carbons (Fsp3) is 0.556. The van der Waals surface area contributed by atoms with Gasteiger partial charge in [-0.25, -0.2) is 0 Å². The fourth-order valence-corrected chi connectivity index (χ4v) is 6.21. The maximum absolute atomic E-state index is 5.86. The zero-order valence-corrected chi connectivity index (χ0v) is 14.3. The summed E-state index contributed by atoms with van der Waals surface area (Å²) in [6, 6.07) is 0. The van der Waals surface area contributed by atoms with Crippen molar-refractivity contribution in [3.8, 4) is 0 Å². The van der Waals surface area contributed by atoms with E-state index in [1.54, 1.807) is 0 Å². The van der Waals surface area contributed by atoms with Crippen molar-refractivity contribution in [2.24, 2.45) is 0 Å². The van der Waals surface area contributed by atoms with Gasteiger partial charge in [0.15, 0.2) is 16.6 Å². The summed E-state index contributed by atoms with van der Waals surface area (Å²) in [5, 5.41) is 0. The van der Waals surface area contributed by atoms with Crippen molar-refractivity contribution in [3.05, 3.63) is 23.7 Å². The topological polar surface area (TPSA) is 18.5 Å². The van der Waals surface area contributed by atoms with Crippen LogP contribution in [0.1, 0.15) is 0 Å². The number of hydrogen-bond acceptors (Lipinski definition) is 2. The average molecular weight is 273 g/mol. The van der Waals surface area contributed by atoms with Crippen molar-refractivity contribution < 1.29 is 8.23 Å². The molecule has 6 heteroatoms. The molecule has 4 radical (unpaired) electrons. The van der Waals surface area contributed by atoms with Gasteiger partial charge in [-0.15, -0.1) is 13.2 Å². The van der Waals surface area contributed by atoms with Gasteiger partial charge in [-0.05, 0) is 37.6 Å². The van der Waals surface area contributed by atoms with Crippen LogP contribution in [0.2, 0.25) is 32.7 Å². The molecular weight excluding hydrogens is 252 g/mol. The first-order valence-corrected chi connectivity index (χ1v) is 13.1. The van der Waals surface area contributed by atoms with Crippen LogP contribution in [0.3, 0.4) is 0 Å². The minimum atomic E-state index is -1.77. The third-order valence-electron chi connectivity index (χ3n) is 1.60. The van der Waals surface area contributed by atoms with E-state index in [4.69, 9.17) is 8.23 Å². The van der Waals surface area contributed by atoms with Gasteiger partial charge in [0.25, 0.3) is 0 Å². The van der Waals surface area contributed by atoms with Crippen LogP contribution in [-0.4, -0.2) is 36.2 Å². The molecule has 0 aliphatic carbocycles. The largest absolute Gasteiger partial charge is 0.453 e. The van der Waals surface area contributed by atoms with Gasteiger partial charge in [-0.2, -0.15) is 0 Å². The normalized spacial score (nSPS) is 12.6. The highest BCUT2D eigenvalue weighted by atomic mass is 28.4. The molecular formula is C9H20O2Si4. The van der Waals surface area contributed by atoms with Crippen LogP contribution in [0.4, 0.5) is 0 Å². The molecule has 0 bridgehead atoms. The summed E-state index contributed by atoms with van der Waals surface area (Å²) in [7, 11) is -2.43. The molecule has 0 fully saturated rings. The van der Waals surface area contributed by atoms with E-state index in [0.29, 0.717) is 19.5 Å². The SMILES string of the molecule is C=C[Si]O[Si](C)(C)C(=C)[Si]O[Si](C)(C)C. The van der Waals surface area contributed by atoms with E-state index >= 15 is 0 Å². The van der Waals surface area contributed by atoms with E-state index in [2.05, 4.69) is 45.9 Å². The van der Waals surface area contributed by atoms with Crippen molar-refractivity contribution in [2.45, 2.75) is 32.7 Å². The monoisotopic (exact) mass is 272 g/mol. The Hall–Kier alpha value is 0.268. The van der Waals surface area contributed by atoms with E-state index in [1.807, 2.05) is 5.70 Å². The molecule has 0 atom stereocenters. The molecule has 0 amide bonds. The first kappa shape index (κ1) is 15.3. The Morgan fingerprint density at radius 3 is 2.07 bits per heavy atom. The Kier molecular flexibility index (Phi) is 6.22. The zero-order valence-electron chi connectivity index (χ0n) is 10.3. The van der Waals surface area contributed by atoms with Crippen molar-refractivity contribution in [1.82, 2.24) is 0 Å². The van der Waals surface area contributed by atoms with Crippen LogP contribution >= 0.6 is 0 Å². The van der Waals surface area contributed by atoms with E-state index in [9.17, 15) is 0 Å². The van der Waals surface area contributed by atoms with Crippen LogP contribution in [0.15, 0.2) is 23.7 Å². The van der Waals surface area contributed by atoms with Gasteiger partial charge >= 0.3 is 0 Å². The first-order valence-electron chi connectivity index (χ1n) is 4.87. The first-order chi connectivity index (χ1) is 6.69. The number of hydrogen-bond donors (Lipinski definition) is 0. The van der Waals surface area contributed by atoms with Crippen molar-refractivity contribution in [3.63, 3.8) is 0 Å². The van der Waals surface area contributed by atoms with Gasteiger partial charge in [0, 0.05) is 0 Å². The van der Waals surface area contributed by atoms with Crippen LogP contribution in [0.5, 0.6) is 0 Å².